The number of rotatable bonds is 4. The first-order chi connectivity index (χ1) is 7.79. The summed E-state index contributed by atoms with van der Waals surface area (Å²) in [6.45, 7) is 1.87. The van der Waals surface area contributed by atoms with Gasteiger partial charge in [0.05, 0.1) is 6.10 Å². The standard InChI is InChI=1S/C9H11ClF3N3O/c1-5(17)2-3-14-7-4-6(9(11,12)13)15-8(10)16-7/h4-5,17H,2-3H2,1H3,(H,14,15,16). The topological polar surface area (TPSA) is 58.0 Å². The summed E-state index contributed by atoms with van der Waals surface area (Å²) in [5, 5.41) is 11.2. The zero-order valence-corrected chi connectivity index (χ0v) is 9.68. The molecular formula is C9H11ClF3N3O. The highest BCUT2D eigenvalue weighted by Crippen LogP contribution is 2.29. The molecule has 0 saturated carbocycles. The van der Waals surface area contributed by atoms with Crippen molar-refractivity contribution >= 4 is 17.4 Å². The van der Waals surface area contributed by atoms with E-state index in [0.29, 0.717) is 13.0 Å². The fraction of sp³-hybridized carbons (Fsp3) is 0.556. The monoisotopic (exact) mass is 269 g/mol. The molecule has 0 aromatic carbocycles. The molecule has 0 radical (unpaired) electrons. The quantitative estimate of drug-likeness (QED) is 0.824. The summed E-state index contributed by atoms with van der Waals surface area (Å²) in [5.74, 6) is -0.0158. The van der Waals surface area contributed by atoms with Crippen LogP contribution < -0.4 is 5.32 Å². The summed E-state index contributed by atoms with van der Waals surface area (Å²) in [4.78, 5) is 6.69. The van der Waals surface area contributed by atoms with E-state index in [9.17, 15) is 13.2 Å². The van der Waals surface area contributed by atoms with Gasteiger partial charge in [0.2, 0.25) is 5.28 Å². The molecule has 17 heavy (non-hydrogen) atoms. The summed E-state index contributed by atoms with van der Waals surface area (Å²) in [6, 6.07) is 0.772. The number of anilines is 1. The summed E-state index contributed by atoms with van der Waals surface area (Å²) in [7, 11) is 0. The van der Waals surface area contributed by atoms with Crippen LogP contribution in [0.4, 0.5) is 19.0 Å². The van der Waals surface area contributed by atoms with Crippen LogP contribution in [0.5, 0.6) is 0 Å². The Bertz CT molecular complexity index is 384. The Morgan fingerprint density at radius 2 is 2.12 bits per heavy atom. The van der Waals surface area contributed by atoms with Gasteiger partial charge in [-0.25, -0.2) is 9.97 Å². The highest BCUT2D eigenvalue weighted by molar-refractivity contribution is 6.28. The number of aromatic nitrogens is 2. The lowest BCUT2D eigenvalue weighted by Gasteiger charge is -2.10. The lowest BCUT2D eigenvalue weighted by Crippen LogP contribution is -2.13. The van der Waals surface area contributed by atoms with E-state index in [0.717, 1.165) is 6.07 Å². The predicted molar refractivity (Wildman–Crippen MR) is 56.8 cm³/mol. The molecule has 0 fully saturated rings. The normalized spacial score (nSPS) is 13.5. The number of nitrogens with zero attached hydrogens (tertiary/aromatic N) is 2. The third kappa shape index (κ3) is 4.74. The first-order valence-electron chi connectivity index (χ1n) is 4.83. The lowest BCUT2D eigenvalue weighted by molar-refractivity contribution is -0.141. The van der Waals surface area contributed by atoms with Crippen molar-refractivity contribution in [2.45, 2.75) is 25.6 Å². The number of alkyl halides is 3. The van der Waals surface area contributed by atoms with Crippen molar-refractivity contribution in [2.24, 2.45) is 0 Å². The molecular weight excluding hydrogens is 259 g/mol. The maximum absolute atomic E-state index is 12.4. The number of halogens is 4. The number of aliphatic hydroxyl groups excluding tert-OH is 1. The van der Waals surface area contributed by atoms with Gasteiger partial charge in [0.25, 0.3) is 0 Å². The summed E-state index contributed by atoms with van der Waals surface area (Å²) in [6.07, 6.45) is -4.71. The van der Waals surface area contributed by atoms with Crippen molar-refractivity contribution in [1.29, 1.82) is 0 Å². The molecule has 1 heterocycles. The molecule has 0 aliphatic heterocycles. The van der Waals surface area contributed by atoms with E-state index in [1.807, 2.05) is 0 Å². The molecule has 0 aliphatic carbocycles. The first-order valence-corrected chi connectivity index (χ1v) is 5.20. The fourth-order valence-corrected chi connectivity index (χ4v) is 1.24. The minimum atomic E-state index is -4.56. The molecule has 2 N–H and O–H groups in total. The van der Waals surface area contributed by atoms with E-state index in [1.54, 1.807) is 6.92 Å². The average molecular weight is 270 g/mol. The minimum Gasteiger partial charge on any atom is -0.393 e. The Kier molecular flexibility index (Phi) is 4.53. The van der Waals surface area contributed by atoms with E-state index < -0.39 is 23.3 Å². The van der Waals surface area contributed by atoms with Crippen LogP contribution in [-0.4, -0.2) is 27.7 Å². The van der Waals surface area contributed by atoms with Crippen LogP contribution in [0.15, 0.2) is 6.07 Å². The molecule has 4 nitrogen and oxygen atoms in total. The van der Waals surface area contributed by atoms with Crippen molar-refractivity contribution in [3.8, 4) is 0 Å². The van der Waals surface area contributed by atoms with Crippen LogP contribution in [-0.2, 0) is 6.18 Å². The van der Waals surface area contributed by atoms with E-state index in [2.05, 4.69) is 15.3 Å². The Balaban J connectivity index is 2.76. The molecule has 0 amide bonds. The van der Waals surface area contributed by atoms with Gasteiger partial charge < -0.3 is 10.4 Å². The van der Waals surface area contributed by atoms with E-state index in [4.69, 9.17) is 16.7 Å². The number of hydrogen-bond acceptors (Lipinski definition) is 4. The number of nitrogens with one attached hydrogen (secondary N) is 1. The van der Waals surface area contributed by atoms with Crippen LogP contribution >= 0.6 is 11.6 Å². The van der Waals surface area contributed by atoms with Crippen LogP contribution in [0.25, 0.3) is 0 Å². The van der Waals surface area contributed by atoms with Gasteiger partial charge in [-0.1, -0.05) is 0 Å². The zero-order chi connectivity index (χ0) is 13.1. The Labute approximate surface area is 101 Å². The van der Waals surface area contributed by atoms with Crippen molar-refractivity contribution in [2.75, 3.05) is 11.9 Å². The van der Waals surface area contributed by atoms with Gasteiger partial charge in [-0.2, -0.15) is 13.2 Å². The second kappa shape index (κ2) is 5.50. The Morgan fingerprint density at radius 1 is 1.47 bits per heavy atom. The fourth-order valence-electron chi connectivity index (χ4n) is 1.06. The maximum Gasteiger partial charge on any atom is 0.433 e. The molecule has 1 rings (SSSR count). The Morgan fingerprint density at radius 3 is 2.65 bits per heavy atom. The molecule has 0 bridgehead atoms. The van der Waals surface area contributed by atoms with Crippen LogP contribution in [0.2, 0.25) is 5.28 Å². The molecule has 0 spiro atoms. The van der Waals surface area contributed by atoms with Gasteiger partial charge >= 0.3 is 6.18 Å². The van der Waals surface area contributed by atoms with Crippen molar-refractivity contribution in [3.05, 3.63) is 17.0 Å². The third-order valence-electron chi connectivity index (χ3n) is 1.86. The van der Waals surface area contributed by atoms with Crippen molar-refractivity contribution < 1.29 is 18.3 Å². The number of aliphatic hydroxyl groups is 1. The van der Waals surface area contributed by atoms with Gasteiger partial charge in [-0.05, 0) is 24.9 Å². The smallest absolute Gasteiger partial charge is 0.393 e. The summed E-state index contributed by atoms with van der Waals surface area (Å²) in [5.41, 5.74) is -1.10. The average Bonchev–Trinajstić information content (AvgIpc) is 2.14. The molecule has 1 aromatic rings. The minimum absolute atomic E-state index is 0.0158. The largest absolute Gasteiger partial charge is 0.433 e. The predicted octanol–water partition coefficient (Wildman–Crippen LogP) is 2.33. The molecule has 8 heteroatoms. The van der Waals surface area contributed by atoms with Gasteiger partial charge in [-0.15, -0.1) is 0 Å². The van der Waals surface area contributed by atoms with E-state index >= 15 is 0 Å². The van der Waals surface area contributed by atoms with Gasteiger partial charge in [-0.3, -0.25) is 0 Å². The summed E-state index contributed by atoms with van der Waals surface area (Å²) >= 11 is 5.39. The second-order valence-electron chi connectivity index (χ2n) is 3.47. The molecule has 1 atom stereocenters. The molecule has 0 aliphatic rings. The lowest BCUT2D eigenvalue weighted by atomic mass is 10.3. The SMILES string of the molecule is CC(O)CCNc1cc(C(F)(F)F)nc(Cl)n1. The number of hydrogen-bond donors (Lipinski definition) is 2. The van der Waals surface area contributed by atoms with Crippen LogP contribution in [0.3, 0.4) is 0 Å². The molecule has 0 saturated heterocycles. The first kappa shape index (κ1) is 14.0. The Hall–Kier alpha value is -1.08. The second-order valence-corrected chi connectivity index (χ2v) is 3.81. The van der Waals surface area contributed by atoms with Crippen molar-refractivity contribution in [1.82, 2.24) is 9.97 Å². The molecule has 1 aromatic heterocycles. The highest BCUT2D eigenvalue weighted by atomic mass is 35.5. The van der Waals surface area contributed by atoms with E-state index in [-0.39, 0.29) is 5.82 Å². The van der Waals surface area contributed by atoms with Gasteiger partial charge in [0, 0.05) is 12.6 Å². The van der Waals surface area contributed by atoms with Crippen LogP contribution in [0.1, 0.15) is 19.0 Å². The van der Waals surface area contributed by atoms with Crippen molar-refractivity contribution in [3.63, 3.8) is 0 Å². The maximum atomic E-state index is 12.4. The zero-order valence-electron chi connectivity index (χ0n) is 8.92. The third-order valence-corrected chi connectivity index (χ3v) is 2.03. The molecule has 1 unspecified atom stereocenters. The summed E-state index contributed by atoms with van der Waals surface area (Å²) < 4.78 is 37.1. The highest BCUT2D eigenvalue weighted by Gasteiger charge is 2.33. The molecule has 96 valence electrons. The van der Waals surface area contributed by atoms with Crippen LogP contribution in [0, 0.1) is 0 Å². The van der Waals surface area contributed by atoms with E-state index in [1.165, 1.54) is 0 Å². The van der Waals surface area contributed by atoms with Gasteiger partial charge in [0.15, 0.2) is 5.69 Å². The van der Waals surface area contributed by atoms with Gasteiger partial charge in [0.1, 0.15) is 5.82 Å².